The second-order valence-electron chi connectivity index (χ2n) is 9.92. The predicted octanol–water partition coefficient (Wildman–Crippen LogP) is 6.27. The van der Waals surface area contributed by atoms with Gasteiger partial charge in [0.05, 0.1) is 19.2 Å². The van der Waals surface area contributed by atoms with Crippen molar-refractivity contribution in [2.24, 2.45) is 5.41 Å². The summed E-state index contributed by atoms with van der Waals surface area (Å²) in [5.41, 5.74) is -0.115. The van der Waals surface area contributed by atoms with E-state index in [9.17, 15) is 14.4 Å². The fraction of sp³-hybridized carbons (Fsp3) is 0.226. The number of halogens is 2. The van der Waals surface area contributed by atoms with Crippen molar-refractivity contribution in [3.05, 3.63) is 77.7 Å². The fourth-order valence-electron chi connectivity index (χ4n) is 4.43. The zero-order chi connectivity index (χ0) is 30.6. The zero-order valence-electron chi connectivity index (χ0n) is 25.7. The number of rotatable bonds is 12. The van der Waals surface area contributed by atoms with E-state index in [2.05, 4.69) is 15.6 Å². The number of aromatic nitrogens is 1. The van der Waals surface area contributed by atoms with E-state index in [-0.39, 0.29) is 50.4 Å². The summed E-state index contributed by atoms with van der Waals surface area (Å²) in [5.74, 6) is -1.69. The van der Waals surface area contributed by atoms with Gasteiger partial charge in [0.1, 0.15) is 11.2 Å². The summed E-state index contributed by atoms with van der Waals surface area (Å²) >= 11 is 5.98. The average molecular weight is 634 g/mol. The Morgan fingerprint density at radius 2 is 1.70 bits per heavy atom. The van der Waals surface area contributed by atoms with Crippen molar-refractivity contribution in [3.63, 3.8) is 0 Å². The first kappa shape index (κ1) is 32.8. The van der Waals surface area contributed by atoms with Crippen LogP contribution in [0.5, 0.6) is 23.0 Å². The first-order valence-electron chi connectivity index (χ1n) is 13.4. The van der Waals surface area contributed by atoms with Crippen LogP contribution in [-0.2, 0) is 14.4 Å². The molecule has 0 spiro atoms. The van der Waals surface area contributed by atoms with Crippen LogP contribution in [-0.4, -0.2) is 64.6 Å². The number of hydrogen-bond acceptors (Lipinski definition) is 7. The Morgan fingerprint density at radius 1 is 0.977 bits per heavy atom. The van der Waals surface area contributed by atoms with Crippen LogP contribution < -0.4 is 24.8 Å². The van der Waals surface area contributed by atoms with Gasteiger partial charge in [-0.2, -0.15) is 0 Å². The van der Waals surface area contributed by atoms with Crippen LogP contribution in [0, 0.1) is 11.2 Å². The summed E-state index contributed by atoms with van der Waals surface area (Å²) in [5, 5.41) is 15.2. The third-order valence-corrected chi connectivity index (χ3v) is 7.13. The minimum Gasteiger partial charge on any atom is -1.00 e. The number of fused-ring (bicyclic) bond motifs is 1. The number of aliphatic carboxylic acids is 1. The largest absolute Gasteiger partial charge is 2.00 e. The second-order valence-corrected chi connectivity index (χ2v) is 10.4. The molecule has 1 fully saturated rings. The van der Waals surface area contributed by atoms with Crippen LogP contribution in [0.4, 0.5) is 15.8 Å². The summed E-state index contributed by atoms with van der Waals surface area (Å²) in [6, 6.07) is 15.4. The van der Waals surface area contributed by atoms with Gasteiger partial charge in [-0.3, -0.25) is 19.4 Å². The van der Waals surface area contributed by atoms with Gasteiger partial charge in [-0.05, 0) is 61.7 Å². The van der Waals surface area contributed by atoms with E-state index in [0.29, 0.717) is 58.1 Å². The van der Waals surface area contributed by atoms with Crippen LogP contribution in [0.2, 0.25) is 5.02 Å². The number of methoxy groups -OCH3 is 1. The third-order valence-electron chi connectivity index (χ3n) is 6.89. The SMILES string of the molecule is COc1cc2c(Oc3ccc(NC(=O)C4(C(=O)Nc5cccc(Cl)c5)CC4)cc3F)ccnc2cc1OCCCC(=O)O.[H-].[H-].[Mg+2]. The van der Waals surface area contributed by atoms with Crippen LogP contribution in [0.15, 0.2) is 66.9 Å². The Balaban J connectivity index is 0.00000245. The molecule has 3 N–H and O–H groups in total. The van der Waals surface area contributed by atoms with E-state index in [0.717, 1.165) is 6.07 Å². The Hall–Kier alpha value is -4.13. The van der Waals surface area contributed by atoms with Crippen molar-refractivity contribution in [2.75, 3.05) is 24.4 Å². The van der Waals surface area contributed by atoms with Gasteiger partial charge in [0.15, 0.2) is 23.1 Å². The third kappa shape index (κ3) is 7.49. The molecule has 0 aliphatic heterocycles. The summed E-state index contributed by atoms with van der Waals surface area (Å²) in [7, 11) is 1.46. The van der Waals surface area contributed by atoms with E-state index in [4.69, 9.17) is 30.9 Å². The smallest absolute Gasteiger partial charge is 1.00 e. The number of carboxylic acid groups (broad SMARTS) is 1. The molecule has 0 atom stereocenters. The number of amides is 2. The van der Waals surface area contributed by atoms with E-state index in [1.54, 1.807) is 42.5 Å². The van der Waals surface area contributed by atoms with Gasteiger partial charge in [0.2, 0.25) is 11.8 Å². The number of pyridine rings is 1. The van der Waals surface area contributed by atoms with Crippen molar-refractivity contribution in [3.8, 4) is 23.0 Å². The maximum atomic E-state index is 15.2. The molecule has 1 saturated carbocycles. The van der Waals surface area contributed by atoms with E-state index in [1.165, 1.54) is 25.4 Å². The Bertz CT molecular complexity index is 1730. The number of nitrogens with zero attached hydrogens (tertiary/aromatic N) is 1. The molecule has 2 amide bonds. The molecule has 10 nitrogen and oxygen atoms in total. The molecule has 0 radical (unpaired) electrons. The van der Waals surface area contributed by atoms with Crippen molar-refractivity contribution >= 4 is 74.7 Å². The van der Waals surface area contributed by atoms with Crippen LogP contribution >= 0.6 is 11.6 Å². The molecule has 0 bridgehead atoms. The van der Waals surface area contributed by atoms with E-state index < -0.39 is 29.0 Å². The zero-order valence-corrected chi connectivity index (χ0v) is 25.9. The van der Waals surface area contributed by atoms with Gasteiger partial charge < -0.3 is 32.8 Å². The molecule has 0 saturated heterocycles. The number of benzene rings is 3. The molecule has 4 aromatic rings. The van der Waals surface area contributed by atoms with Crippen molar-refractivity contribution in [1.82, 2.24) is 4.98 Å². The molecule has 44 heavy (non-hydrogen) atoms. The Morgan fingerprint density at radius 3 is 2.34 bits per heavy atom. The normalized spacial score (nSPS) is 12.9. The number of anilines is 2. The summed E-state index contributed by atoms with van der Waals surface area (Å²) < 4.78 is 32.1. The van der Waals surface area contributed by atoms with Gasteiger partial charge >= 0.3 is 29.0 Å². The number of carbonyl (C=O) groups excluding carboxylic acids is 2. The molecule has 0 unspecified atom stereocenters. The number of carbonyl (C=O) groups is 3. The predicted molar refractivity (Wildman–Crippen MR) is 165 cm³/mol. The monoisotopic (exact) mass is 633 g/mol. The summed E-state index contributed by atoms with van der Waals surface area (Å²) in [6.07, 6.45) is 2.51. The number of hydrogen-bond donors (Lipinski definition) is 3. The molecular formula is C31H29ClFMgN3O7. The van der Waals surface area contributed by atoms with Gasteiger partial charge in [-0.1, -0.05) is 17.7 Å². The first-order valence-corrected chi connectivity index (χ1v) is 13.7. The molecule has 1 aliphatic rings. The van der Waals surface area contributed by atoms with Crippen LogP contribution in [0.25, 0.3) is 10.9 Å². The molecular weight excluding hydrogens is 605 g/mol. The van der Waals surface area contributed by atoms with Crippen molar-refractivity contribution in [2.45, 2.75) is 25.7 Å². The van der Waals surface area contributed by atoms with E-state index in [1.807, 2.05) is 0 Å². The average Bonchev–Trinajstić information content (AvgIpc) is 3.79. The molecule has 5 rings (SSSR count). The number of carboxylic acids is 1. The Kier molecular flexibility index (Phi) is 10.5. The topological polar surface area (TPSA) is 136 Å². The van der Waals surface area contributed by atoms with Gasteiger partial charge in [0, 0.05) is 46.5 Å². The molecule has 1 aromatic heterocycles. The maximum absolute atomic E-state index is 15.2. The number of nitrogens with one attached hydrogen (secondary N) is 2. The fourth-order valence-corrected chi connectivity index (χ4v) is 4.62. The van der Waals surface area contributed by atoms with Crippen LogP contribution in [0.3, 0.4) is 0 Å². The number of ether oxygens (including phenoxy) is 3. The molecule has 13 heteroatoms. The minimum atomic E-state index is -1.25. The van der Waals surface area contributed by atoms with Gasteiger partial charge in [0.25, 0.3) is 0 Å². The molecule has 226 valence electrons. The minimum absolute atomic E-state index is 0. The first-order chi connectivity index (χ1) is 20.7. The quantitative estimate of drug-likeness (QED) is 0.0943. The standard InChI is InChI=1S/C31H27ClFN3O7.Mg.2H/c1-41-26-16-21-23(17-27(26)42-13-3-6-28(37)38)34-12-9-24(21)43-25-8-7-20(15-22(25)33)36-30(40)31(10-11-31)29(39)35-19-5-2-4-18(32)14-19;;;/h2,4-5,7-9,12,14-17H,3,6,10-11,13H2,1H3,(H,35,39)(H,36,40)(H,37,38);;;/q;+2;2*-1. The summed E-state index contributed by atoms with van der Waals surface area (Å²) in [4.78, 5) is 41.0. The van der Waals surface area contributed by atoms with Gasteiger partial charge in [-0.25, -0.2) is 4.39 Å². The van der Waals surface area contributed by atoms with Crippen molar-refractivity contribution < 1.29 is 40.9 Å². The van der Waals surface area contributed by atoms with Gasteiger partial charge in [-0.15, -0.1) is 0 Å². The Labute approximate surface area is 276 Å². The van der Waals surface area contributed by atoms with E-state index >= 15 is 4.39 Å². The molecule has 3 aromatic carbocycles. The second kappa shape index (κ2) is 14.1. The summed E-state index contributed by atoms with van der Waals surface area (Å²) in [6.45, 7) is 0.173. The maximum Gasteiger partial charge on any atom is 2.00 e. The van der Waals surface area contributed by atoms with Crippen molar-refractivity contribution in [1.29, 1.82) is 0 Å². The molecule has 1 aliphatic carbocycles. The molecule has 1 heterocycles. The van der Waals surface area contributed by atoms with Crippen LogP contribution in [0.1, 0.15) is 28.5 Å².